The fourth-order valence-corrected chi connectivity index (χ4v) is 2.26. The zero-order chi connectivity index (χ0) is 12.5. The van der Waals surface area contributed by atoms with Gasteiger partial charge in [-0.3, -0.25) is 4.79 Å². The minimum Gasteiger partial charge on any atom is -0.467 e. The van der Waals surface area contributed by atoms with Gasteiger partial charge in [-0.1, -0.05) is 30.3 Å². The largest absolute Gasteiger partial charge is 0.467 e. The fourth-order valence-electron chi connectivity index (χ4n) is 2.26. The van der Waals surface area contributed by atoms with E-state index in [1.165, 1.54) is 14.0 Å². The first-order valence-electron chi connectivity index (χ1n) is 5.52. The van der Waals surface area contributed by atoms with Crippen molar-refractivity contribution in [1.82, 2.24) is 5.32 Å². The molecule has 0 radical (unpaired) electrons. The van der Waals surface area contributed by atoms with Crippen LogP contribution >= 0.6 is 0 Å². The van der Waals surface area contributed by atoms with E-state index >= 15 is 0 Å². The van der Waals surface area contributed by atoms with Gasteiger partial charge >= 0.3 is 5.97 Å². The summed E-state index contributed by atoms with van der Waals surface area (Å²) < 4.78 is 4.78. The second kappa shape index (κ2) is 4.20. The maximum atomic E-state index is 11.8. The van der Waals surface area contributed by atoms with Crippen LogP contribution in [0.2, 0.25) is 0 Å². The number of nitrogens with one attached hydrogen (secondary N) is 1. The Bertz CT molecular complexity index is 443. The Hall–Kier alpha value is -1.84. The highest BCUT2D eigenvalue weighted by Gasteiger charge is 2.62. The van der Waals surface area contributed by atoms with Crippen molar-refractivity contribution in [2.45, 2.75) is 24.8 Å². The highest BCUT2D eigenvalue weighted by atomic mass is 16.5. The third kappa shape index (κ3) is 2.02. The van der Waals surface area contributed by atoms with Gasteiger partial charge in [0.25, 0.3) is 0 Å². The maximum Gasteiger partial charge on any atom is 0.332 e. The van der Waals surface area contributed by atoms with E-state index in [0.717, 1.165) is 5.56 Å². The molecule has 0 unspecified atom stereocenters. The van der Waals surface area contributed by atoms with Gasteiger partial charge in [0, 0.05) is 12.8 Å². The number of carbonyl (C=O) groups is 2. The number of hydrogen-bond donors (Lipinski definition) is 1. The fraction of sp³-hybridized carbons (Fsp3) is 0.385. The summed E-state index contributed by atoms with van der Waals surface area (Å²) in [7, 11) is 1.34. The molecular weight excluding hydrogens is 218 g/mol. The molecular formula is C13H15NO3. The van der Waals surface area contributed by atoms with Crippen molar-refractivity contribution in [2.24, 2.45) is 0 Å². The first kappa shape index (κ1) is 11.6. The van der Waals surface area contributed by atoms with E-state index in [1.54, 1.807) is 0 Å². The summed E-state index contributed by atoms with van der Waals surface area (Å²) in [4.78, 5) is 23.0. The number of carbonyl (C=O) groups excluding carboxylic acids is 2. The molecule has 0 bridgehead atoms. The van der Waals surface area contributed by atoms with Crippen LogP contribution in [0, 0.1) is 0 Å². The predicted octanol–water partition coefficient (Wildman–Crippen LogP) is 1.22. The number of hydrogen-bond acceptors (Lipinski definition) is 3. The molecule has 1 aliphatic rings. The third-order valence-electron chi connectivity index (χ3n) is 3.11. The van der Waals surface area contributed by atoms with Crippen LogP contribution in [0.1, 0.15) is 24.8 Å². The summed E-state index contributed by atoms with van der Waals surface area (Å²) in [5.74, 6) is -0.574. The summed E-state index contributed by atoms with van der Waals surface area (Å²) in [6.45, 7) is 1.41. The Kier molecular flexibility index (Phi) is 2.88. The quantitative estimate of drug-likeness (QED) is 0.799. The minimum atomic E-state index is -0.859. The summed E-state index contributed by atoms with van der Waals surface area (Å²) in [6, 6.07) is 9.67. The van der Waals surface area contributed by atoms with Gasteiger partial charge in [0.2, 0.25) is 5.91 Å². The molecule has 1 aromatic carbocycles. The number of methoxy groups -OCH3 is 1. The second-order valence-electron chi connectivity index (χ2n) is 4.31. The molecule has 2 atom stereocenters. The molecule has 17 heavy (non-hydrogen) atoms. The second-order valence-corrected chi connectivity index (χ2v) is 4.31. The molecule has 1 amide bonds. The number of benzene rings is 1. The minimum absolute atomic E-state index is 0.0139. The van der Waals surface area contributed by atoms with Gasteiger partial charge in [0.15, 0.2) is 0 Å². The van der Waals surface area contributed by atoms with Crippen molar-refractivity contribution in [3.05, 3.63) is 35.9 Å². The van der Waals surface area contributed by atoms with E-state index in [-0.39, 0.29) is 17.8 Å². The van der Waals surface area contributed by atoms with Crippen LogP contribution in [0.5, 0.6) is 0 Å². The zero-order valence-corrected chi connectivity index (χ0v) is 9.90. The van der Waals surface area contributed by atoms with Crippen LogP contribution in [0.3, 0.4) is 0 Å². The van der Waals surface area contributed by atoms with Gasteiger partial charge in [0.1, 0.15) is 5.54 Å². The van der Waals surface area contributed by atoms with Gasteiger partial charge in [-0.15, -0.1) is 0 Å². The van der Waals surface area contributed by atoms with Gasteiger partial charge in [0.05, 0.1) is 7.11 Å². The van der Waals surface area contributed by atoms with Crippen LogP contribution in [0.15, 0.2) is 30.3 Å². The summed E-state index contributed by atoms with van der Waals surface area (Å²) in [5.41, 5.74) is 0.189. The molecule has 0 aliphatic heterocycles. The van der Waals surface area contributed by atoms with Crippen molar-refractivity contribution in [3.8, 4) is 0 Å². The van der Waals surface area contributed by atoms with E-state index in [2.05, 4.69) is 5.32 Å². The average molecular weight is 233 g/mol. The molecule has 1 fully saturated rings. The Labute approximate surface area is 100.0 Å². The molecule has 1 aromatic rings. The SMILES string of the molecule is COC(=O)[C@]1(NC(C)=O)C[C@@H]1c1ccccc1. The summed E-state index contributed by atoms with van der Waals surface area (Å²) in [5, 5.41) is 2.72. The Morgan fingerprint density at radius 3 is 2.53 bits per heavy atom. The lowest BCUT2D eigenvalue weighted by Crippen LogP contribution is -2.44. The topological polar surface area (TPSA) is 55.4 Å². The lowest BCUT2D eigenvalue weighted by Gasteiger charge is -2.15. The molecule has 0 saturated heterocycles. The smallest absolute Gasteiger partial charge is 0.332 e. The van der Waals surface area contributed by atoms with Crippen molar-refractivity contribution in [3.63, 3.8) is 0 Å². The summed E-state index contributed by atoms with van der Waals surface area (Å²) in [6.07, 6.45) is 0.600. The predicted molar refractivity (Wildman–Crippen MR) is 62.4 cm³/mol. The lowest BCUT2D eigenvalue weighted by atomic mass is 10.1. The first-order chi connectivity index (χ1) is 8.10. The highest BCUT2D eigenvalue weighted by Crippen LogP contribution is 2.52. The molecule has 4 nitrogen and oxygen atoms in total. The summed E-state index contributed by atoms with van der Waals surface area (Å²) >= 11 is 0. The van der Waals surface area contributed by atoms with Crippen molar-refractivity contribution in [2.75, 3.05) is 7.11 Å². The molecule has 1 saturated carbocycles. The normalized spacial score (nSPS) is 26.1. The number of rotatable bonds is 3. The Morgan fingerprint density at radius 1 is 1.35 bits per heavy atom. The standard InChI is InChI=1S/C13H15NO3/c1-9(15)14-13(12(16)17-2)8-11(13)10-6-4-3-5-7-10/h3-7,11H,8H2,1-2H3,(H,14,15)/t11-,13+/m1/s1. The van der Waals surface area contributed by atoms with E-state index in [9.17, 15) is 9.59 Å². The van der Waals surface area contributed by atoms with E-state index in [4.69, 9.17) is 4.74 Å². The van der Waals surface area contributed by atoms with E-state index < -0.39 is 5.54 Å². The van der Waals surface area contributed by atoms with Gasteiger partial charge in [-0.2, -0.15) is 0 Å². The Morgan fingerprint density at radius 2 is 2.00 bits per heavy atom. The van der Waals surface area contributed by atoms with Crippen LogP contribution < -0.4 is 5.32 Å². The van der Waals surface area contributed by atoms with Crippen molar-refractivity contribution < 1.29 is 14.3 Å². The monoisotopic (exact) mass is 233 g/mol. The molecule has 4 heteroatoms. The van der Waals surface area contributed by atoms with Gasteiger partial charge in [-0.25, -0.2) is 4.79 Å². The van der Waals surface area contributed by atoms with Crippen LogP contribution in [0.4, 0.5) is 0 Å². The van der Waals surface area contributed by atoms with Crippen LogP contribution in [0.25, 0.3) is 0 Å². The highest BCUT2D eigenvalue weighted by molar-refractivity contribution is 5.92. The molecule has 1 aliphatic carbocycles. The zero-order valence-electron chi connectivity index (χ0n) is 9.90. The maximum absolute atomic E-state index is 11.8. The molecule has 2 rings (SSSR count). The number of amides is 1. The molecule has 0 heterocycles. The van der Waals surface area contributed by atoms with Crippen molar-refractivity contribution in [1.29, 1.82) is 0 Å². The van der Waals surface area contributed by atoms with E-state index in [1.807, 2.05) is 30.3 Å². The molecule has 0 spiro atoms. The third-order valence-corrected chi connectivity index (χ3v) is 3.11. The first-order valence-corrected chi connectivity index (χ1v) is 5.52. The number of ether oxygens (including phenoxy) is 1. The Balaban J connectivity index is 2.23. The van der Waals surface area contributed by atoms with Gasteiger partial charge in [-0.05, 0) is 12.0 Å². The molecule has 1 N–H and O–H groups in total. The molecule has 0 aromatic heterocycles. The van der Waals surface area contributed by atoms with Crippen molar-refractivity contribution >= 4 is 11.9 Å². The lowest BCUT2D eigenvalue weighted by molar-refractivity contribution is -0.146. The van der Waals surface area contributed by atoms with Gasteiger partial charge < -0.3 is 10.1 Å². The average Bonchev–Trinajstić information content (AvgIpc) is 3.04. The van der Waals surface area contributed by atoms with E-state index in [0.29, 0.717) is 6.42 Å². The molecule has 90 valence electrons. The number of esters is 1. The van der Waals surface area contributed by atoms with Crippen LogP contribution in [-0.4, -0.2) is 24.5 Å². The van der Waals surface area contributed by atoms with Crippen LogP contribution in [-0.2, 0) is 14.3 Å².